The maximum atomic E-state index is 10.3. The third kappa shape index (κ3) is 2.92. The van der Waals surface area contributed by atoms with Gasteiger partial charge in [0.05, 0.1) is 16.3 Å². The number of rotatable bonds is 3. The van der Waals surface area contributed by atoms with E-state index in [0.29, 0.717) is 5.56 Å². The summed E-state index contributed by atoms with van der Waals surface area (Å²) in [6.07, 6.45) is 0. The number of aromatic hydroxyl groups is 1. The highest BCUT2D eigenvalue weighted by Crippen LogP contribution is 2.39. The van der Waals surface area contributed by atoms with Crippen LogP contribution in [0.1, 0.15) is 0 Å². The van der Waals surface area contributed by atoms with Crippen LogP contribution >= 0.6 is 11.3 Å². The standard InChI is InChI=1S/C22H15NO3S/c24-19-5-2-1-4-16(19)17-10-15(11-18(23-17)22-6-3-9-27-22)14-7-8-20-21(12-14)26-13-25-20/h1-12,24H,13H2. The number of pyridine rings is 1. The Morgan fingerprint density at radius 2 is 1.67 bits per heavy atom. The van der Waals surface area contributed by atoms with Gasteiger partial charge in [-0.1, -0.05) is 24.3 Å². The van der Waals surface area contributed by atoms with Gasteiger partial charge in [-0.25, -0.2) is 4.98 Å². The van der Waals surface area contributed by atoms with E-state index in [2.05, 4.69) is 6.07 Å². The van der Waals surface area contributed by atoms with Gasteiger partial charge in [-0.2, -0.15) is 0 Å². The summed E-state index contributed by atoms with van der Waals surface area (Å²) in [5, 5.41) is 12.3. The Bertz CT molecular complexity index is 1120. The first-order chi connectivity index (χ1) is 13.3. The van der Waals surface area contributed by atoms with E-state index in [4.69, 9.17) is 14.5 Å². The minimum absolute atomic E-state index is 0.213. The first-order valence-electron chi connectivity index (χ1n) is 8.52. The van der Waals surface area contributed by atoms with E-state index >= 15 is 0 Å². The summed E-state index contributed by atoms with van der Waals surface area (Å²) >= 11 is 1.64. The monoisotopic (exact) mass is 373 g/mol. The topological polar surface area (TPSA) is 51.6 Å². The Balaban J connectivity index is 1.70. The van der Waals surface area contributed by atoms with Gasteiger partial charge >= 0.3 is 0 Å². The van der Waals surface area contributed by atoms with E-state index in [-0.39, 0.29) is 12.5 Å². The van der Waals surface area contributed by atoms with Crippen molar-refractivity contribution in [3.63, 3.8) is 0 Å². The molecule has 0 aliphatic carbocycles. The molecule has 27 heavy (non-hydrogen) atoms. The Morgan fingerprint density at radius 1 is 0.815 bits per heavy atom. The van der Waals surface area contributed by atoms with Gasteiger partial charge in [0.1, 0.15) is 5.75 Å². The van der Waals surface area contributed by atoms with Crippen molar-refractivity contribution < 1.29 is 14.6 Å². The van der Waals surface area contributed by atoms with Crippen LogP contribution < -0.4 is 9.47 Å². The van der Waals surface area contributed by atoms with Gasteiger partial charge in [0.15, 0.2) is 11.5 Å². The summed E-state index contributed by atoms with van der Waals surface area (Å²) in [6.45, 7) is 0.249. The predicted octanol–water partition coefficient (Wildman–Crippen LogP) is 5.58. The molecule has 0 unspecified atom stereocenters. The van der Waals surface area contributed by atoms with E-state index < -0.39 is 0 Å². The van der Waals surface area contributed by atoms with Crippen molar-refractivity contribution in [3.8, 4) is 50.2 Å². The van der Waals surface area contributed by atoms with Gasteiger partial charge in [-0.15, -0.1) is 11.3 Å². The van der Waals surface area contributed by atoms with Crippen LogP contribution in [0.4, 0.5) is 0 Å². The Hall–Kier alpha value is -3.31. The van der Waals surface area contributed by atoms with Gasteiger partial charge in [0.2, 0.25) is 6.79 Å². The zero-order chi connectivity index (χ0) is 18.2. The average molecular weight is 373 g/mol. The second-order valence-electron chi connectivity index (χ2n) is 6.19. The number of ether oxygens (including phenoxy) is 2. The highest BCUT2D eigenvalue weighted by molar-refractivity contribution is 7.13. The van der Waals surface area contributed by atoms with Crippen molar-refractivity contribution in [1.29, 1.82) is 0 Å². The van der Waals surface area contributed by atoms with Crippen LogP contribution in [0.15, 0.2) is 72.1 Å². The molecule has 0 saturated heterocycles. The van der Waals surface area contributed by atoms with E-state index in [1.54, 1.807) is 23.5 Å². The molecule has 5 heteroatoms. The number of fused-ring (bicyclic) bond motifs is 1. The lowest BCUT2D eigenvalue weighted by Crippen LogP contribution is -1.93. The molecule has 4 nitrogen and oxygen atoms in total. The lowest BCUT2D eigenvalue weighted by atomic mass is 10.0. The maximum Gasteiger partial charge on any atom is 0.231 e. The van der Waals surface area contributed by atoms with Crippen LogP contribution in [0.3, 0.4) is 0 Å². The normalized spacial score (nSPS) is 12.3. The highest BCUT2D eigenvalue weighted by atomic mass is 32.1. The van der Waals surface area contributed by atoms with Gasteiger partial charge in [-0.3, -0.25) is 0 Å². The fraction of sp³-hybridized carbons (Fsp3) is 0.0455. The number of aromatic nitrogens is 1. The smallest absolute Gasteiger partial charge is 0.231 e. The number of benzene rings is 2. The van der Waals surface area contributed by atoms with E-state index in [9.17, 15) is 5.11 Å². The highest BCUT2D eigenvalue weighted by Gasteiger charge is 2.16. The fourth-order valence-electron chi connectivity index (χ4n) is 3.15. The third-order valence-corrected chi connectivity index (χ3v) is 5.38. The van der Waals surface area contributed by atoms with Crippen molar-refractivity contribution in [1.82, 2.24) is 4.98 Å². The molecule has 0 bridgehead atoms. The van der Waals surface area contributed by atoms with Crippen molar-refractivity contribution in [2.45, 2.75) is 0 Å². The molecule has 0 radical (unpaired) electrons. The molecule has 132 valence electrons. The zero-order valence-corrected chi connectivity index (χ0v) is 15.1. The summed E-state index contributed by atoms with van der Waals surface area (Å²) in [4.78, 5) is 5.88. The number of phenols is 1. The molecule has 1 aliphatic heterocycles. The molecule has 1 aliphatic rings. The quantitative estimate of drug-likeness (QED) is 0.509. The molecule has 3 heterocycles. The van der Waals surface area contributed by atoms with Crippen LogP contribution in [0, 0.1) is 0 Å². The minimum atomic E-state index is 0.213. The van der Waals surface area contributed by atoms with Gasteiger partial charge in [0.25, 0.3) is 0 Å². The van der Waals surface area contributed by atoms with E-state index in [1.165, 1.54) is 0 Å². The largest absolute Gasteiger partial charge is 0.507 e. The first kappa shape index (κ1) is 15.9. The summed E-state index contributed by atoms with van der Waals surface area (Å²) < 4.78 is 10.9. The second kappa shape index (κ2) is 6.45. The van der Waals surface area contributed by atoms with Crippen molar-refractivity contribution in [3.05, 3.63) is 72.1 Å². The number of nitrogens with zero attached hydrogens (tertiary/aromatic N) is 1. The van der Waals surface area contributed by atoms with E-state index in [1.807, 2.05) is 53.9 Å². The summed E-state index contributed by atoms with van der Waals surface area (Å²) in [5.41, 5.74) is 4.32. The molecule has 2 aromatic carbocycles. The SMILES string of the molecule is Oc1ccccc1-c1cc(-c2ccc3c(c2)OCO3)cc(-c2cccs2)n1. The molecular formula is C22H15NO3S. The molecular weight excluding hydrogens is 358 g/mol. The Kier molecular flexibility index (Phi) is 3.80. The maximum absolute atomic E-state index is 10.3. The average Bonchev–Trinajstić information content (AvgIpc) is 3.39. The molecule has 4 aromatic rings. The van der Waals surface area contributed by atoms with Crippen LogP contribution in [0.5, 0.6) is 17.2 Å². The van der Waals surface area contributed by atoms with Gasteiger partial charge in [0, 0.05) is 5.56 Å². The lowest BCUT2D eigenvalue weighted by molar-refractivity contribution is 0.174. The van der Waals surface area contributed by atoms with Crippen LogP contribution in [0.2, 0.25) is 0 Å². The second-order valence-corrected chi connectivity index (χ2v) is 7.14. The molecule has 1 N–H and O–H groups in total. The van der Waals surface area contributed by atoms with Gasteiger partial charge < -0.3 is 14.6 Å². The molecule has 2 aromatic heterocycles. The summed E-state index contributed by atoms with van der Waals surface area (Å²) in [6, 6.07) is 21.3. The van der Waals surface area contributed by atoms with Crippen molar-refractivity contribution >= 4 is 11.3 Å². The number of phenolic OH excluding ortho intramolecular Hbond substituents is 1. The van der Waals surface area contributed by atoms with Crippen LogP contribution in [-0.4, -0.2) is 16.9 Å². The van der Waals surface area contributed by atoms with Gasteiger partial charge in [-0.05, 0) is 59.0 Å². The van der Waals surface area contributed by atoms with Crippen molar-refractivity contribution in [2.75, 3.05) is 6.79 Å². The summed E-state index contributed by atoms with van der Waals surface area (Å²) in [7, 11) is 0. The third-order valence-electron chi connectivity index (χ3n) is 4.48. The molecule has 0 spiro atoms. The van der Waals surface area contributed by atoms with Crippen molar-refractivity contribution in [2.24, 2.45) is 0 Å². The molecule has 0 amide bonds. The molecule has 0 saturated carbocycles. The molecule has 0 atom stereocenters. The van der Waals surface area contributed by atoms with Crippen LogP contribution in [-0.2, 0) is 0 Å². The Morgan fingerprint density at radius 3 is 2.52 bits per heavy atom. The fourth-order valence-corrected chi connectivity index (χ4v) is 3.84. The minimum Gasteiger partial charge on any atom is -0.507 e. The first-order valence-corrected chi connectivity index (χ1v) is 9.40. The number of para-hydroxylation sites is 1. The summed E-state index contributed by atoms with van der Waals surface area (Å²) in [5.74, 6) is 1.71. The number of hydrogen-bond donors (Lipinski definition) is 1. The molecule has 5 rings (SSSR count). The zero-order valence-electron chi connectivity index (χ0n) is 14.3. The lowest BCUT2D eigenvalue weighted by Gasteiger charge is -2.10. The number of thiophene rings is 1. The van der Waals surface area contributed by atoms with E-state index in [0.717, 1.165) is 38.9 Å². The Labute approximate surface area is 160 Å². The molecule has 0 fully saturated rings. The number of hydrogen-bond acceptors (Lipinski definition) is 5. The van der Waals surface area contributed by atoms with Crippen LogP contribution in [0.25, 0.3) is 33.0 Å². The predicted molar refractivity (Wildman–Crippen MR) is 106 cm³/mol.